The Labute approximate surface area is 109 Å². The maximum absolute atomic E-state index is 9.00. The van der Waals surface area contributed by atoms with Gasteiger partial charge in [-0.1, -0.05) is 0 Å². The number of ether oxygens (including phenoxy) is 4. The van der Waals surface area contributed by atoms with Crippen molar-refractivity contribution in [1.82, 2.24) is 0 Å². The Hall–Kier alpha value is -0.240. The van der Waals surface area contributed by atoms with Crippen molar-refractivity contribution in [2.24, 2.45) is 0 Å². The Balaban J connectivity index is 3.28. The van der Waals surface area contributed by atoms with Gasteiger partial charge in [-0.05, 0) is 13.8 Å². The quantitative estimate of drug-likeness (QED) is 0.450. The maximum Gasteiger partial charge on any atom is 0.104 e. The number of rotatable bonds is 13. The van der Waals surface area contributed by atoms with Crippen LogP contribution in [0.2, 0.25) is 0 Å². The van der Waals surface area contributed by atoms with E-state index in [9.17, 15) is 0 Å². The molecule has 0 aromatic heterocycles. The van der Waals surface area contributed by atoms with Crippen molar-refractivity contribution in [3.8, 4) is 0 Å². The number of aliphatic hydroxyl groups is 2. The van der Waals surface area contributed by atoms with Gasteiger partial charge in [-0.3, -0.25) is 0 Å². The molecule has 0 aliphatic carbocycles. The largest absolute Gasteiger partial charge is 0.394 e. The first-order valence-corrected chi connectivity index (χ1v) is 6.31. The topological polar surface area (TPSA) is 77.4 Å². The van der Waals surface area contributed by atoms with Crippen molar-refractivity contribution in [3.63, 3.8) is 0 Å². The number of hydrogen-bond donors (Lipinski definition) is 2. The van der Waals surface area contributed by atoms with Crippen LogP contribution in [0.5, 0.6) is 0 Å². The Morgan fingerprint density at radius 2 is 1.50 bits per heavy atom. The minimum atomic E-state index is -0.368. The molecule has 0 aromatic carbocycles. The molecule has 0 radical (unpaired) electrons. The summed E-state index contributed by atoms with van der Waals surface area (Å²) in [5, 5.41) is 17.5. The predicted molar refractivity (Wildman–Crippen MR) is 66.6 cm³/mol. The Kier molecular flexibility index (Phi) is 13.0. The van der Waals surface area contributed by atoms with Crippen molar-refractivity contribution in [2.75, 3.05) is 52.9 Å². The van der Waals surface area contributed by atoms with Crippen molar-refractivity contribution in [1.29, 1.82) is 0 Å². The summed E-state index contributed by atoms with van der Waals surface area (Å²) in [5.41, 5.74) is 0. The lowest BCUT2D eigenvalue weighted by Gasteiger charge is -2.15. The highest BCUT2D eigenvalue weighted by molar-refractivity contribution is 4.53. The van der Waals surface area contributed by atoms with E-state index >= 15 is 0 Å². The van der Waals surface area contributed by atoms with E-state index in [1.807, 2.05) is 13.8 Å². The van der Waals surface area contributed by atoms with Crippen molar-refractivity contribution in [2.45, 2.75) is 26.1 Å². The molecule has 0 aromatic rings. The molecule has 0 amide bonds. The van der Waals surface area contributed by atoms with Gasteiger partial charge in [-0.25, -0.2) is 0 Å². The van der Waals surface area contributed by atoms with Crippen LogP contribution in [0.15, 0.2) is 0 Å². The zero-order valence-corrected chi connectivity index (χ0v) is 11.3. The molecule has 0 spiro atoms. The Morgan fingerprint density at radius 3 is 2.06 bits per heavy atom. The standard InChI is InChI=1S/C12H26O6/c1-11(2)17-7-5-15-6-8-18-12(9-14)10-16-4-3-13/h11-14H,3-10H2,1-2H3. The zero-order valence-electron chi connectivity index (χ0n) is 11.3. The summed E-state index contributed by atoms with van der Waals surface area (Å²) in [6.45, 7) is 6.29. The average Bonchev–Trinajstić information content (AvgIpc) is 2.35. The maximum atomic E-state index is 9.00. The normalized spacial score (nSPS) is 13.2. The van der Waals surface area contributed by atoms with Crippen LogP contribution in [0, 0.1) is 0 Å². The highest BCUT2D eigenvalue weighted by Crippen LogP contribution is 1.93. The third-order valence-electron chi connectivity index (χ3n) is 2.00. The number of aliphatic hydroxyl groups excluding tert-OH is 2. The lowest BCUT2D eigenvalue weighted by atomic mass is 10.4. The minimum Gasteiger partial charge on any atom is -0.394 e. The summed E-state index contributed by atoms with van der Waals surface area (Å²) < 4.78 is 21.0. The molecule has 0 saturated carbocycles. The van der Waals surface area contributed by atoms with E-state index in [0.717, 1.165) is 0 Å². The highest BCUT2D eigenvalue weighted by atomic mass is 16.6. The molecule has 2 N–H and O–H groups in total. The molecule has 0 saturated heterocycles. The van der Waals surface area contributed by atoms with Crippen LogP contribution in [0.3, 0.4) is 0 Å². The molecule has 0 aliphatic rings. The van der Waals surface area contributed by atoms with Crippen LogP contribution in [0.25, 0.3) is 0 Å². The van der Waals surface area contributed by atoms with Crippen LogP contribution in [-0.4, -0.2) is 75.3 Å². The number of hydrogen-bond acceptors (Lipinski definition) is 6. The van der Waals surface area contributed by atoms with Gasteiger partial charge in [0.2, 0.25) is 0 Å². The molecule has 110 valence electrons. The highest BCUT2D eigenvalue weighted by Gasteiger charge is 2.07. The van der Waals surface area contributed by atoms with Gasteiger partial charge < -0.3 is 29.2 Å². The summed E-state index contributed by atoms with van der Waals surface area (Å²) in [6, 6.07) is 0. The minimum absolute atomic E-state index is 0.0306. The van der Waals surface area contributed by atoms with E-state index in [-0.39, 0.29) is 38.6 Å². The Morgan fingerprint density at radius 1 is 0.833 bits per heavy atom. The SMILES string of the molecule is CC(C)OCCOCCOC(CO)COCCO. The Bertz CT molecular complexity index is 165. The molecule has 6 heteroatoms. The van der Waals surface area contributed by atoms with E-state index in [1.54, 1.807) is 0 Å². The molecule has 1 unspecified atom stereocenters. The second kappa shape index (κ2) is 13.2. The summed E-state index contributed by atoms with van der Waals surface area (Å²) in [5.74, 6) is 0. The van der Waals surface area contributed by atoms with Crippen LogP contribution >= 0.6 is 0 Å². The van der Waals surface area contributed by atoms with Crippen LogP contribution < -0.4 is 0 Å². The molecule has 18 heavy (non-hydrogen) atoms. The summed E-state index contributed by atoms with van der Waals surface area (Å²) >= 11 is 0. The van der Waals surface area contributed by atoms with E-state index in [2.05, 4.69) is 0 Å². The fourth-order valence-electron chi connectivity index (χ4n) is 1.15. The summed E-state index contributed by atoms with van der Waals surface area (Å²) in [6.07, 6.45) is -0.153. The first-order valence-electron chi connectivity index (χ1n) is 6.31. The molecule has 0 rings (SSSR count). The van der Waals surface area contributed by atoms with Crippen LogP contribution in [-0.2, 0) is 18.9 Å². The van der Waals surface area contributed by atoms with E-state index in [4.69, 9.17) is 29.2 Å². The fraction of sp³-hybridized carbons (Fsp3) is 1.00. The lowest BCUT2D eigenvalue weighted by molar-refractivity contribution is -0.0670. The molecular weight excluding hydrogens is 240 g/mol. The van der Waals surface area contributed by atoms with Gasteiger partial charge in [0.05, 0.1) is 59.0 Å². The summed E-state index contributed by atoms with van der Waals surface area (Å²) in [7, 11) is 0. The average molecular weight is 266 g/mol. The monoisotopic (exact) mass is 266 g/mol. The molecule has 0 heterocycles. The van der Waals surface area contributed by atoms with Gasteiger partial charge in [0, 0.05) is 0 Å². The molecule has 0 fully saturated rings. The third-order valence-corrected chi connectivity index (χ3v) is 2.00. The molecule has 6 nitrogen and oxygen atoms in total. The van der Waals surface area contributed by atoms with Gasteiger partial charge in [0.25, 0.3) is 0 Å². The lowest BCUT2D eigenvalue weighted by Crippen LogP contribution is -2.26. The first kappa shape index (κ1) is 17.8. The van der Waals surface area contributed by atoms with Crippen molar-refractivity contribution in [3.05, 3.63) is 0 Å². The second-order valence-corrected chi connectivity index (χ2v) is 4.01. The molecule has 0 bridgehead atoms. The smallest absolute Gasteiger partial charge is 0.104 e. The van der Waals surface area contributed by atoms with Gasteiger partial charge in [-0.2, -0.15) is 0 Å². The van der Waals surface area contributed by atoms with E-state index in [0.29, 0.717) is 26.4 Å². The molecule has 1 atom stereocenters. The van der Waals surface area contributed by atoms with E-state index in [1.165, 1.54) is 0 Å². The van der Waals surface area contributed by atoms with Crippen LogP contribution in [0.4, 0.5) is 0 Å². The van der Waals surface area contributed by atoms with Gasteiger partial charge in [-0.15, -0.1) is 0 Å². The van der Waals surface area contributed by atoms with Gasteiger partial charge in [0.1, 0.15) is 6.10 Å². The predicted octanol–water partition coefficient (Wildman–Crippen LogP) is -0.186. The zero-order chi connectivity index (χ0) is 13.6. The van der Waals surface area contributed by atoms with E-state index < -0.39 is 0 Å². The van der Waals surface area contributed by atoms with Crippen LogP contribution in [0.1, 0.15) is 13.8 Å². The molecule has 0 aliphatic heterocycles. The first-order chi connectivity index (χ1) is 8.70. The summed E-state index contributed by atoms with van der Waals surface area (Å²) in [4.78, 5) is 0. The van der Waals surface area contributed by atoms with Crippen molar-refractivity contribution >= 4 is 0 Å². The molecular formula is C12H26O6. The van der Waals surface area contributed by atoms with Gasteiger partial charge >= 0.3 is 0 Å². The fourth-order valence-corrected chi connectivity index (χ4v) is 1.15. The second-order valence-electron chi connectivity index (χ2n) is 4.01. The van der Waals surface area contributed by atoms with Gasteiger partial charge in [0.15, 0.2) is 0 Å². The third kappa shape index (κ3) is 12.2. The van der Waals surface area contributed by atoms with Crippen molar-refractivity contribution < 1.29 is 29.2 Å².